The van der Waals surface area contributed by atoms with Crippen LogP contribution in [-0.4, -0.2) is 55.3 Å². The fourth-order valence-electron chi connectivity index (χ4n) is 3.21. The van der Waals surface area contributed by atoms with E-state index in [1.165, 1.54) is 0 Å². The summed E-state index contributed by atoms with van der Waals surface area (Å²) in [6.45, 7) is 14.1. The Hall–Kier alpha value is -2.10. The van der Waals surface area contributed by atoms with Gasteiger partial charge < -0.3 is 19.5 Å². The molecular formula is C20H32N4O2. The molecule has 0 aromatic carbocycles. The average Bonchev–Trinajstić information content (AvgIpc) is 2.90. The number of methoxy groups -OCH3 is 1. The molecule has 0 radical (unpaired) electrons. The highest BCUT2D eigenvalue weighted by molar-refractivity contribution is 6.01. The highest BCUT2D eigenvalue weighted by Gasteiger charge is 2.15. The molecule has 0 spiro atoms. The zero-order chi connectivity index (χ0) is 19.7. The van der Waals surface area contributed by atoms with E-state index < -0.39 is 0 Å². The molecule has 1 aromatic rings. The third-order valence-corrected chi connectivity index (χ3v) is 4.65. The number of nitriles is 1. The quantitative estimate of drug-likeness (QED) is 0.514. The molecule has 0 bridgehead atoms. The fourth-order valence-corrected chi connectivity index (χ4v) is 3.21. The molecule has 0 aliphatic heterocycles. The van der Waals surface area contributed by atoms with Gasteiger partial charge in [-0.05, 0) is 51.6 Å². The summed E-state index contributed by atoms with van der Waals surface area (Å²) in [5.41, 5.74) is 3.12. The number of aromatic nitrogens is 1. The van der Waals surface area contributed by atoms with E-state index in [2.05, 4.69) is 35.6 Å². The lowest BCUT2D eigenvalue weighted by atomic mass is 10.1. The summed E-state index contributed by atoms with van der Waals surface area (Å²) in [5, 5.41) is 12.2. The van der Waals surface area contributed by atoms with Crippen molar-refractivity contribution in [2.75, 3.05) is 39.9 Å². The Morgan fingerprint density at radius 3 is 2.62 bits per heavy atom. The number of ether oxygens (including phenoxy) is 1. The summed E-state index contributed by atoms with van der Waals surface area (Å²) in [4.78, 5) is 14.6. The van der Waals surface area contributed by atoms with Gasteiger partial charge >= 0.3 is 0 Å². The molecule has 1 unspecified atom stereocenters. The maximum absolute atomic E-state index is 12.3. The third-order valence-electron chi connectivity index (χ3n) is 4.65. The summed E-state index contributed by atoms with van der Waals surface area (Å²) in [5.74, 6) is -0.325. The van der Waals surface area contributed by atoms with Crippen LogP contribution >= 0.6 is 0 Å². The van der Waals surface area contributed by atoms with Crippen molar-refractivity contribution in [1.82, 2.24) is 14.8 Å². The second-order valence-electron chi connectivity index (χ2n) is 6.45. The van der Waals surface area contributed by atoms with E-state index in [1.807, 2.05) is 26.0 Å². The number of rotatable bonds is 10. The number of carbonyl (C=O) groups is 1. The molecule has 1 atom stereocenters. The normalized spacial score (nSPS) is 12.9. The number of amides is 1. The van der Waals surface area contributed by atoms with Gasteiger partial charge in [0.25, 0.3) is 5.91 Å². The molecule has 1 aromatic heterocycles. The van der Waals surface area contributed by atoms with Crippen LogP contribution in [0.1, 0.15) is 43.8 Å². The molecule has 0 fully saturated rings. The number of likely N-dealkylation sites (N-methyl/N-ethyl adjacent to an activating group) is 1. The lowest BCUT2D eigenvalue weighted by Gasteiger charge is -2.18. The van der Waals surface area contributed by atoms with Crippen LogP contribution < -0.4 is 5.32 Å². The summed E-state index contributed by atoms with van der Waals surface area (Å²) < 4.78 is 7.41. The standard InChI is InChI=1S/C20H32N4O2/c1-7-23(8-2)10-9-22-20(25)19(13-21)12-18-11-15(3)24(17(18)5)16(4)14-26-6/h11-12,16H,7-10,14H2,1-6H3,(H,22,25)/b19-12-. The van der Waals surface area contributed by atoms with Gasteiger partial charge in [0.1, 0.15) is 11.6 Å². The molecule has 26 heavy (non-hydrogen) atoms. The lowest BCUT2D eigenvalue weighted by Crippen LogP contribution is -2.35. The minimum absolute atomic E-state index is 0.129. The minimum atomic E-state index is -0.325. The SMILES string of the molecule is CCN(CC)CCNC(=O)/C(C#N)=C\c1cc(C)n(C(C)COC)c1C. The van der Waals surface area contributed by atoms with Crippen LogP contribution in [0.15, 0.2) is 11.6 Å². The molecule has 6 heteroatoms. The monoisotopic (exact) mass is 360 g/mol. The highest BCUT2D eigenvalue weighted by Crippen LogP contribution is 2.22. The Labute approximate surface area is 157 Å². The van der Waals surface area contributed by atoms with Gasteiger partial charge in [0.05, 0.1) is 12.6 Å². The molecule has 144 valence electrons. The van der Waals surface area contributed by atoms with Gasteiger partial charge in [0.2, 0.25) is 0 Å². The Kier molecular flexibility index (Phi) is 9.11. The van der Waals surface area contributed by atoms with E-state index in [0.717, 1.165) is 36.6 Å². The van der Waals surface area contributed by atoms with Crippen LogP contribution in [0.3, 0.4) is 0 Å². The number of nitrogens with zero attached hydrogens (tertiary/aromatic N) is 3. The lowest BCUT2D eigenvalue weighted by molar-refractivity contribution is -0.117. The smallest absolute Gasteiger partial charge is 0.261 e. The van der Waals surface area contributed by atoms with Crippen molar-refractivity contribution in [1.29, 1.82) is 5.26 Å². The molecule has 0 saturated heterocycles. The second kappa shape index (κ2) is 10.8. The predicted octanol–water partition coefficient (Wildman–Crippen LogP) is 2.68. The molecule has 6 nitrogen and oxygen atoms in total. The molecule has 1 heterocycles. The van der Waals surface area contributed by atoms with Gasteiger partial charge in [0.15, 0.2) is 0 Å². The average molecular weight is 361 g/mol. The largest absolute Gasteiger partial charge is 0.383 e. The summed E-state index contributed by atoms with van der Waals surface area (Å²) >= 11 is 0. The van der Waals surface area contributed by atoms with Gasteiger partial charge in [-0.25, -0.2) is 0 Å². The van der Waals surface area contributed by atoms with Gasteiger partial charge in [-0.1, -0.05) is 13.8 Å². The Balaban J connectivity index is 2.91. The zero-order valence-corrected chi connectivity index (χ0v) is 16.9. The molecule has 0 aliphatic carbocycles. The first-order valence-electron chi connectivity index (χ1n) is 9.19. The van der Waals surface area contributed by atoms with Crippen LogP contribution in [0.2, 0.25) is 0 Å². The van der Waals surface area contributed by atoms with Gasteiger partial charge in [0, 0.05) is 31.6 Å². The number of aryl methyl sites for hydroxylation is 1. The van der Waals surface area contributed by atoms with Crippen molar-refractivity contribution in [2.45, 2.75) is 40.7 Å². The van der Waals surface area contributed by atoms with Crippen molar-refractivity contribution in [3.8, 4) is 6.07 Å². The number of hydrogen-bond acceptors (Lipinski definition) is 4. The minimum Gasteiger partial charge on any atom is -0.383 e. The van der Waals surface area contributed by atoms with Crippen molar-refractivity contribution in [2.24, 2.45) is 0 Å². The van der Waals surface area contributed by atoms with Crippen molar-refractivity contribution in [3.63, 3.8) is 0 Å². The topological polar surface area (TPSA) is 70.3 Å². The second-order valence-corrected chi connectivity index (χ2v) is 6.45. The van der Waals surface area contributed by atoms with Crippen LogP contribution in [-0.2, 0) is 9.53 Å². The van der Waals surface area contributed by atoms with E-state index in [1.54, 1.807) is 13.2 Å². The van der Waals surface area contributed by atoms with Gasteiger partial charge in [-0.15, -0.1) is 0 Å². The van der Waals surface area contributed by atoms with E-state index in [0.29, 0.717) is 13.2 Å². The number of nitrogens with one attached hydrogen (secondary N) is 1. The first-order valence-corrected chi connectivity index (χ1v) is 9.19. The molecule has 1 rings (SSSR count). The molecule has 1 amide bonds. The third kappa shape index (κ3) is 5.72. The molecule has 1 N–H and O–H groups in total. The van der Waals surface area contributed by atoms with E-state index in [9.17, 15) is 10.1 Å². The predicted molar refractivity (Wildman–Crippen MR) is 105 cm³/mol. The Morgan fingerprint density at radius 2 is 2.08 bits per heavy atom. The van der Waals surface area contributed by atoms with Crippen LogP contribution in [0.25, 0.3) is 6.08 Å². The van der Waals surface area contributed by atoms with E-state index in [-0.39, 0.29) is 17.5 Å². The van der Waals surface area contributed by atoms with Crippen molar-refractivity contribution >= 4 is 12.0 Å². The summed E-state index contributed by atoms with van der Waals surface area (Å²) in [6, 6.07) is 4.22. The van der Waals surface area contributed by atoms with Gasteiger partial charge in [-0.2, -0.15) is 5.26 Å². The molecular weight excluding hydrogens is 328 g/mol. The number of hydrogen-bond donors (Lipinski definition) is 1. The van der Waals surface area contributed by atoms with Crippen LogP contribution in [0, 0.1) is 25.2 Å². The van der Waals surface area contributed by atoms with Crippen molar-refractivity contribution in [3.05, 3.63) is 28.6 Å². The first kappa shape index (κ1) is 21.9. The zero-order valence-electron chi connectivity index (χ0n) is 16.9. The fraction of sp³-hybridized carbons (Fsp3) is 0.600. The highest BCUT2D eigenvalue weighted by atomic mass is 16.5. The van der Waals surface area contributed by atoms with Crippen LogP contribution in [0.5, 0.6) is 0 Å². The molecule has 0 aliphatic rings. The van der Waals surface area contributed by atoms with Gasteiger partial charge in [-0.3, -0.25) is 4.79 Å². The summed E-state index contributed by atoms with van der Waals surface area (Å²) in [6.07, 6.45) is 1.67. The maximum Gasteiger partial charge on any atom is 0.261 e. The van der Waals surface area contributed by atoms with E-state index >= 15 is 0 Å². The maximum atomic E-state index is 12.3. The summed E-state index contributed by atoms with van der Waals surface area (Å²) in [7, 11) is 1.68. The molecule has 0 saturated carbocycles. The Morgan fingerprint density at radius 1 is 1.42 bits per heavy atom. The Bertz CT molecular complexity index is 666. The van der Waals surface area contributed by atoms with Crippen LogP contribution in [0.4, 0.5) is 0 Å². The number of carbonyl (C=O) groups excluding carboxylic acids is 1. The van der Waals surface area contributed by atoms with E-state index in [4.69, 9.17) is 4.74 Å². The van der Waals surface area contributed by atoms with Crippen molar-refractivity contribution < 1.29 is 9.53 Å². The first-order chi connectivity index (χ1) is 12.4.